The quantitative estimate of drug-likeness (QED) is 0.157. The molecule has 0 saturated heterocycles. The van der Waals surface area contributed by atoms with Crippen molar-refractivity contribution in [1.29, 1.82) is 0 Å². The van der Waals surface area contributed by atoms with Crippen LogP contribution >= 0.6 is 0 Å². The average molecular weight is 690 g/mol. The van der Waals surface area contributed by atoms with Crippen molar-refractivity contribution in [2.75, 3.05) is 4.90 Å². The summed E-state index contributed by atoms with van der Waals surface area (Å²) in [7, 11) is 0. The summed E-state index contributed by atoms with van der Waals surface area (Å²) in [4.78, 5) is 2.31. The van der Waals surface area contributed by atoms with Gasteiger partial charge in [-0.15, -0.1) is 0 Å². The molecule has 0 atom stereocenters. The van der Waals surface area contributed by atoms with Gasteiger partial charge in [0.25, 0.3) is 0 Å². The number of nitrogens with zero attached hydrogens (tertiary/aromatic N) is 1. The number of fused-ring (bicyclic) bond motifs is 5. The van der Waals surface area contributed by atoms with Crippen molar-refractivity contribution in [2.24, 2.45) is 0 Å². The van der Waals surface area contributed by atoms with Crippen molar-refractivity contribution in [2.45, 2.75) is 19.3 Å². The van der Waals surface area contributed by atoms with Gasteiger partial charge in [0.15, 0.2) is 0 Å². The molecular formula is C53H39N. The monoisotopic (exact) mass is 689 g/mol. The topological polar surface area (TPSA) is 3.24 Å². The van der Waals surface area contributed by atoms with Gasteiger partial charge in [-0.05, 0) is 132 Å². The normalized spacial score (nSPS) is 12.8. The molecule has 0 fully saturated rings. The van der Waals surface area contributed by atoms with Gasteiger partial charge in [0.05, 0.1) is 0 Å². The van der Waals surface area contributed by atoms with E-state index in [4.69, 9.17) is 0 Å². The lowest BCUT2D eigenvalue weighted by Gasteiger charge is -2.25. The summed E-state index contributed by atoms with van der Waals surface area (Å²) in [5.74, 6) is 0. The van der Waals surface area contributed by atoms with Crippen LogP contribution in [0.25, 0.3) is 66.1 Å². The average Bonchev–Trinajstić information content (AvgIpc) is 3.45. The summed E-state index contributed by atoms with van der Waals surface area (Å²) in [5, 5.41) is 5.11. The fourth-order valence-corrected chi connectivity index (χ4v) is 8.84. The fourth-order valence-electron chi connectivity index (χ4n) is 8.84. The van der Waals surface area contributed by atoms with Crippen molar-refractivity contribution >= 4 is 38.6 Å². The summed E-state index contributed by atoms with van der Waals surface area (Å²) in [5.41, 5.74) is 16.2. The van der Waals surface area contributed by atoms with Gasteiger partial charge in [-0.25, -0.2) is 0 Å². The molecule has 0 saturated carbocycles. The van der Waals surface area contributed by atoms with Gasteiger partial charge in [0.2, 0.25) is 0 Å². The lowest BCUT2D eigenvalue weighted by atomic mass is 9.79. The van der Waals surface area contributed by atoms with Gasteiger partial charge in [-0.2, -0.15) is 0 Å². The van der Waals surface area contributed by atoms with Crippen LogP contribution < -0.4 is 4.90 Å². The molecule has 9 aromatic rings. The van der Waals surface area contributed by atoms with Crippen LogP contribution in [0.3, 0.4) is 0 Å². The number of hydrogen-bond acceptors (Lipinski definition) is 1. The van der Waals surface area contributed by atoms with Crippen molar-refractivity contribution < 1.29 is 0 Å². The van der Waals surface area contributed by atoms with E-state index in [1.807, 2.05) is 0 Å². The van der Waals surface area contributed by atoms with Crippen molar-refractivity contribution in [3.63, 3.8) is 0 Å². The summed E-state index contributed by atoms with van der Waals surface area (Å²) in [6.45, 7) is 4.76. The molecule has 0 bridgehead atoms. The third kappa shape index (κ3) is 5.16. The van der Waals surface area contributed by atoms with E-state index in [1.54, 1.807) is 0 Å². The van der Waals surface area contributed by atoms with E-state index in [0.29, 0.717) is 0 Å². The number of para-hydroxylation sites is 2. The standard InChI is InChI=1S/C53H39N/c1-53(2)49-26-16-15-25-43(49)45-34-47-48(35-50(45)53)52(38-19-9-4-10-20-38)46-33-39(29-32-44(46)51(47)37-17-7-3-8-18-37)36-27-30-42(31-28-36)54(40-21-11-5-12-22-40)41-23-13-6-14-24-41/h3-35H,1-2H3. The molecule has 0 unspecified atom stereocenters. The molecule has 1 aliphatic rings. The molecule has 0 aliphatic heterocycles. The van der Waals surface area contributed by atoms with E-state index in [-0.39, 0.29) is 5.41 Å². The lowest BCUT2D eigenvalue weighted by molar-refractivity contribution is 0.661. The Labute approximate surface area is 317 Å². The van der Waals surface area contributed by atoms with Gasteiger partial charge in [-0.3, -0.25) is 0 Å². The highest BCUT2D eigenvalue weighted by Crippen LogP contribution is 2.53. The smallest absolute Gasteiger partial charge is 0.0462 e. The minimum atomic E-state index is -0.104. The number of hydrogen-bond donors (Lipinski definition) is 0. The van der Waals surface area contributed by atoms with E-state index >= 15 is 0 Å². The van der Waals surface area contributed by atoms with Crippen LogP contribution in [0.1, 0.15) is 25.0 Å². The Morgan fingerprint density at radius 2 is 0.778 bits per heavy atom. The summed E-state index contributed by atoms with van der Waals surface area (Å²) >= 11 is 0. The summed E-state index contributed by atoms with van der Waals surface area (Å²) in [6.07, 6.45) is 0. The second kappa shape index (κ2) is 12.8. The van der Waals surface area contributed by atoms with E-state index in [0.717, 1.165) is 17.1 Å². The van der Waals surface area contributed by atoms with Crippen molar-refractivity contribution in [1.82, 2.24) is 0 Å². The molecule has 0 N–H and O–H groups in total. The molecule has 9 aromatic carbocycles. The summed E-state index contributed by atoms with van der Waals surface area (Å²) < 4.78 is 0. The lowest BCUT2D eigenvalue weighted by Crippen LogP contribution is -2.14. The SMILES string of the molecule is CC1(C)c2ccccc2-c2cc3c(-c4ccccc4)c4ccc(-c5ccc(N(c6ccccc6)c6ccccc6)cc5)cc4c(-c4ccccc4)c3cc21. The van der Waals surface area contributed by atoms with Gasteiger partial charge in [-0.1, -0.05) is 159 Å². The molecular weight excluding hydrogens is 651 g/mol. The Balaban J connectivity index is 1.21. The molecule has 0 spiro atoms. The number of anilines is 3. The predicted molar refractivity (Wildman–Crippen MR) is 230 cm³/mol. The summed E-state index contributed by atoms with van der Waals surface area (Å²) in [6, 6.07) is 73.2. The van der Waals surface area contributed by atoms with Crippen LogP contribution in [0.4, 0.5) is 17.1 Å². The Kier molecular flexibility index (Phi) is 7.56. The first-order valence-electron chi connectivity index (χ1n) is 18.9. The fraction of sp³-hybridized carbons (Fsp3) is 0.0566. The van der Waals surface area contributed by atoms with Crippen molar-refractivity contribution in [3.05, 3.63) is 211 Å². The van der Waals surface area contributed by atoms with Crippen LogP contribution in [-0.2, 0) is 5.41 Å². The third-order valence-electron chi connectivity index (χ3n) is 11.4. The van der Waals surface area contributed by atoms with Gasteiger partial charge in [0, 0.05) is 22.5 Å². The Hall–Kier alpha value is -6.70. The number of rotatable bonds is 6. The zero-order valence-corrected chi connectivity index (χ0v) is 30.5. The van der Waals surface area contributed by atoms with Gasteiger partial charge < -0.3 is 4.90 Å². The van der Waals surface area contributed by atoms with Crippen LogP contribution in [0.2, 0.25) is 0 Å². The highest BCUT2D eigenvalue weighted by molar-refractivity contribution is 6.23. The van der Waals surface area contributed by atoms with Gasteiger partial charge >= 0.3 is 0 Å². The molecule has 0 aromatic heterocycles. The Morgan fingerprint density at radius 1 is 0.315 bits per heavy atom. The second-order valence-corrected chi connectivity index (χ2v) is 14.9. The van der Waals surface area contributed by atoms with Crippen molar-refractivity contribution in [3.8, 4) is 44.5 Å². The molecule has 10 rings (SSSR count). The molecule has 1 aliphatic carbocycles. The van der Waals surface area contributed by atoms with Crippen LogP contribution in [-0.4, -0.2) is 0 Å². The Bertz CT molecular complexity index is 2760. The maximum absolute atomic E-state index is 2.52. The Morgan fingerprint density at radius 3 is 1.39 bits per heavy atom. The first-order valence-corrected chi connectivity index (χ1v) is 18.9. The number of benzene rings is 9. The van der Waals surface area contributed by atoms with Crippen LogP contribution in [0.5, 0.6) is 0 Å². The molecule has 256 valence electrons. The molecule has 0 heterocycles. The second-order valence-electron chi connectivity index (χ2n) is 14.9. The highest BCUT2D eigenvalue weighted by Gasteiger charge is 2.36. The molecule has 54 heavy (non-hydrogen) atoms. The van der Waals surface area contributed by atoms with Crippen LogP contribution in [0, 0.1) is 0 Å². The minimum absolute atomic E-state index is 0.104. The van der Waals surface area contributed by atoms with E-state index in [1.165, 1.54) is 77.2 Å². The predicted octanol–water partition coefficient (Wildman–Crippen LogP) is 14.8. The van der Waals surface area contributed by atoms with E-state index in [9.17, 15) is 0 Å². The molecule has 1 heteroatoms. The largest absolute Gasteiger partial charge is 0.311 e. The first-order chi connectivity index (χ1) is 26.6. The zero-order chi connectivity index (χ0) is 36.2. The molecule has 0 amide bonds. The molecule has 0 radical (unpaired) electrons. The maximum atomic E-state index is 2.52. The van der Waals surface area contributed by atoms with Gasteiger partial charge in [0.1, 0.15) is 0 Å². The maximum Gasteiger partial charge on any atom is 0.0462 e. The van der Waals surface area contributed by atoms with E-state index in [2.05, 4.69) is 219 Å². The first kappa shape index (κ1) is 32.0. The molecule has 1 nitrogen and oxygen atoms in total. The zero-order valence-electron chi connectivity index (χ0n) is 30.5. The third-order valence-corrected chi connectivity index (χ3v) is 11.4. The van der Waals surface area contributed by atoms with Crippen LogP contribution in [0.15, 0.2) is 200 Å². The minimum Gasteiger partial charge on any atom is -0.311 e. The highest BCUT2D eigenvalue weighted by atomic mass is 15.1. The van der Waals surface area contributed by atoms with E-state index < -0.39 is 0 Å².